The van der Waals surface area contributed by atoms with E-state index in [9.17, 15) is 23.1 Å². The van der Waals surface area contributed by atoms with E-state index in [0.29, 0.717) is 5.02 Å². The second kappa shape index (κ2) is 9.87. The van der Waals surface area contributed by atoms with Gasteiger partial charge in [-0.1, -0.05) is 43.6 Å². The summed E-state index contributed by atoms with van der Waals surface area (Å²) < 4.78 is 32.4. The molecule has 2 N–H and O–H groups in total. The predicted molar refractivity (Wildman–Crippen MR) is 129 cm³/mol. The molecule has 0 aromatic heterocycles. The van der Waals surface area contributed by atoms with Gasteiger partial charge in [-0.3, -0.25) is 9.59 Å². The molecule has 10 heteroatoms. The fraction of sp³-hybridized carbons (Fsp3) is 0.333. The zero-order valence-corrected chi connectivity index (χ0v) is 20.9. The number of esters is 1. The van der Waals surface area contributed by atoms with E-state index in [0.717, 1.165) is 16.9 Å². The van der Waals surface area contributed by atoms with E-state index < -0.39 is 45.9 Å². The molecule has 182 valence electrons. The van der Waals surface area contributed by atoms with Crippen molar-refractivity contribution in [2.45, 2.75) is 43.2 Å². The highest BCUT2D eigenvalue weighted by Gasteiger charge is 2.38. The number of carbonyl (C=O) groups excluding carboxylic acids is 2. The normalized spacial score (nSPS) is 17.8. The number of allylic oxidation sites excluding steroid dienone is 1. The number of rotatable bonds is 8. The molecule has 1 aliphatic rings. The topological polar surface area (TPSA) is 113 Å². The van der Waals surface area contributed by atoms with E-state index in [2.05, 4.69) is 4.72 Å². The van der Waals surface area contributed by atoms with Crippen LogP contribution in [-0.4, -0.2) is 51.1 Å². The number of aliphatic hydroxyl groups is 1. The first kappa shape index (κ1) is 25.9. The van der Waals surface area contributed by atoms with Crippen LogP contribution in [0, 0.1) is 0 Å². The minimum atomic E-state index is -4.15. The summed E-state index contributed by atoms with van der Waals surface area (Å²) in [7, 11) is -2.29. The van der Waals surface area contributed by atoms with Gasteiger partial charge in [-0.25, -0.2) is 8.42 Å². The molecule has 0 aliphatic carbocycles. The van der Waals surface area contributed by atoms with Crippen molar-refractivity contribution < 1.29 is 27.9 Å². The zero-order valence-electron chi connectivity index (χ0n) is 19.3. The lowest BCUT2D eigenvalue weighted by Crippen LogP contribution is -2.48. The lowest BCUT2D eigenvalue weighted by atomic mass is 9.83. The number of benzene rings is 2. The first-order valence-corrected chi connectivity index (χ1v) is 12.4. The van der Waals surface area contributed by atoms with Gasteiger partial charge in [0, 0.05) is 34.9 Å². The number of hydrogen-bond acceptors (Lipinski definition) is 7. The van der Waals surface area contributed by atoms with Gasteiger partial charge in [-0.15, -0.1) is 0 Å². The molecule has 1 heterocycles. The average Bonchev–Trinajstić information content (AvgIpc) is 2.97. The molecule has 34 heavy (non-hydrogen) atoms. The molecule has 0 fully saturated rings. The Labute approximate surface area is 204 Å². The highest BCUT2D eigenvalue weighted by atomic mass is 35.5. The summed E-state index contributed by atoms with van der Waals surface area (Å²) in [5.41, 5.74) is 2.36. The molecule has 2 atom stereocenters. The number of aliphatic hydroxyl groups excluding tert-OH is 1. The number of ether oxygens (including phenoxy) is 1. The van der Waals surface area contributed by atoms with E-state index >= 15 is 0 Å². The Kier molecular flexibility index (Phi) is 7.52. The molecule has 8 nitrogen and oxygen atoms in total. The third kappa shape index (κ3) is 5.33. The summed E-state index contributed by atoms with van der Waals surface area (Å²) in [5.74, 6) is -1.54. The number of nitrogens with one attached hydrogen (secondary N) is 1. The van der Waals surface area contributed by atoms with Crippen molar-refractivity contribution in [3.63, 3.8) is 0 Å². The van der Waals surface area contributed by atoms with Crippen LogP contribution in [0.2, 0.25) is 5.02 Å². The molecule has 0 radical (unpaired) electrons. The summed E-state index contributed by atoms with van der Waals surface area (Å²) in [6, 6.07) is 11.5. The molecule has 0 bridgehead atoms. The molecule has 0 saturated carbocycles. The van der Waals surface area contributed by atoms with E-state index in [4.69, 9.17) is 16.3 Å². The van der Waals surface area contributed by atoms with Gasteiger partial charge in [0.15, 0.2) is 12.4 Å². The second-order valence-electron chi connectivity index (χ2n) is 8.60. The summed E-state index contributed by atoms with van der Waals surface area (Å²) in [4.78, 5) is 26.9. The molecule has 3 rings (SSSR count). The number of anilines is 1. The Morgan fingerprint density at radius 1 is 1.18 bits per heavy atom. The van der Waals surface area contributed by atoms with Gasteiger partial charge in [0.1, 0.15) is 6.04 Å². The number of nitrogens with zero attached hydrogens (tertiary/aromatic N) is 1. The molecule has 1 aliphatic heterocycles. The summed E-state index contributed by atoms with van der Waals surface area (Å²) in [6.07, 6.45) is 0.0140. The molecule has 0 unspecified atom stereocenters. The Hall–Kier alpha value is -2.72. The Morgan fingerprint density at radius 3 is 2.38 bits per heavy atom. The number of halogens is 1. The van der Waals surface area contributed by atoms with Crippen molar-refractivity contribution in [2.75, 3.05) is 18.6 Å². The lowest BCUT2D eigenvalue weighted by molar-refractivity contribution is -0.151. The lowest BCUT2D eigenvalue weighted by Gasteiger charge is -2.24. The van der Waals surface area contributed by atoms with Crippen molar-refractivity contribution in [3.8, 4) is 0 Å². The smallest absolute Gasteiger partial charge is 0.327 e. The first-order valence-electron chi connectivity index (χ1n) is 10.6. The van der Waals surface area contributed by atoms with Crippen LogP contribution in [0.25, 0.3) is 0 Å². The van der Waals surface area contributed by atoms with Crippen molar-refractivity contribution >= 4 is 39.1 Å². The van der Waals surface area contributed by atoms with Crippen molar-refractivity contribution in [2.24, 2.45) is 0 Å². The van der Waals surface area contributed by atoms with Gasteiger partial charge >= 0.3 is 5.97 Å². The van der Waals surface area contributed by atoms with E-state index in [1.165, 1.54) is 37.3 Å². The number of fused-ring (bicyclic) bond motifs is 1. The third-order valence-corrected chi connectivity index (χ3v) is 7.45. The van der Waals surface area contributed by atoms with Gasteiger partial charge in [0.25, 0.3) is 0 Å². The molecule has 0 spiro atoms. The van der Waals surface area contributed by atoms with E-state index in [1.807, 2.05) is 50.1 Å². The van der Waals surface area contributed by atoms with Crippen LogP contribution in [0.5, 0.6) is 0 Å². The quantitative estimate of drug-likeness (QED) is 0.418. The van der Waals surface area contributed by atoms with Crippen LogP contribution >= 0.6 is 11.6 Å². The number of ketones is 1. The summed E-state index contributed by atoms with van der Waals surface area (Å²) >= 11 is 5.78. The minimum Gasteiger partial charge on any atom is -0.456 e. The predicted octanol–water partition coefficient (Wildman–Crippen LogP) is 2.79. The maximum absolute atomic E-state index is 12.6. The van der Waals surface area contributed by atoms with Gasteiger partial charge in [0.2, 0.25) is 10.0 Å². The highest BCUT2D eigenvalue weighted by Crippen LogP contribution is 2.46. The SMILES string of the molecule is C[C@H](O)[C@H](NS(=O)(=O)c1ccc(Cl)cc1)C(=O)OCC(=O)/C=C1/N(C)c2ccccc2C1(C)C. The molecule has 2 aromatic carbocycles. The average molecular weight is 507 g/mol. The Balaban J connectivity index is 1.70. The van der Waals surface area contributed by atoms with Gasteiger partial charge in [-0.05, 0) is 42.8 Å². The number of carbonyl (C=O) groups is 2. The van der Waals surface area contributed by atoms with E-state index in [1.54, 1.807) is 0 Å². The fourth-order valence-corrected chi connectivity index (χ4v) is 5.26. The van der Waals surface area contributed by atoms with Crippen LogP contribution in [0.3, 0.4) is 0 Å². The summed E-state index contributed by atoms with van der Waals surface area (Å²) in [6.45, 7) is 4.63. The van der Waals surface area contributed by atoms with Gasteiger partial charge in [0.05, 0.1) is 11.0 Å². The minimum absolute atomic E-state index is 0.137. The number of para-hydroxylation sites is 1. The van der Waals surface area contributed by atoms with Crippen molar-refractivity contribution in [1.82, 2.24) is 4.72 Å². The van der Waals surface area contributed by atoms with Crippen LogP contribution in [0.15, 0.2) is 65.2 Å². The Morgan fingerprint density at radius 2 is 1.79 bits per heavy atom. The van der Waals surface area contributed by atoms with Crippen molar-refractivity contribution in [3.05, 3.63) is 70.9 Å². The zero-order chi connectivity index (χ0) is 25.3. The molecule has 0 saturated heterocycles. The number of sulfonamides is 1. The summed E-state index contributed by atoms with van der Waals surface area (Å²) in [5, 5.41) is 10.3. The molecular weight excluding hydrogens is 480 g/mol. The Bertz CT molecular complexity index is 1220. The number of likely N-dealkylation sites (N-methyl/N-ethyl adjacent to an activating group) is 1. The standard InChI is InChI=1S/C24H27ClN2O6S/c1-15(28)22(26-34(31,32)18-11-9-16(25)10-12-18)23(30)33-14-17(29)13-21-24(2,3)19-7-5-6-8-20(19)27(21)4/h5-13,15,22,26,28H,14H2,1-4H3/b21-13+/t15-,22-/m0/s1. The largest absolute Gasteiger partial charge is 0.456 e. The van der Waals surface area contributed by atoms with Gasteiger partial charge in [-0.2, -0.15) is 4.72 Å². The highest BCUT2D eigenvalue weighted by molar-refractivity contribution is 7.89. The van der Waals surface area contributed by atoms with Gasteiger partial charge < -0.3 is 14.7 Å². The second-order valence-corrected chi connectivity index (χ2v) is 10.7. The van der Waals surface area contributed by atoms with Crippen molar-refractivity contribution in [1.29, 1.82) is 0 Å². The molecule has 0 amide bonds. The maximum atomic E-state index is 12.6. The third-order valence-electron chi connectivity index (χ3n) is 5.74. The fourth-order valence-electron chi connectivity index (χ4n) is 3.88. The van der Waals surface area contributed by atoms with Crippen LogP contribution in [0.1, 0.15) is 26.3 Å². The molecule has 2 aromatic rings. The van der Waals surface area contributed by atoms with E-state index in [-0.39, 0.29) is 4.90 Å². The number of hydrogen-bond donors (Lipinski definition) is 2. The van der Waals surface area contributed by atoms with Crippen LogP contribution in [-0.2, 0) is 29.8 Å². The first-order chi connectivity index (χ1) is 15.8. The van der Waals surface area contributed by atoms with Crippen LogP contribution in [0.4, 0.5) is 5.69 Å². The maximum Gasteiger partial charge on any atom is 0.327 e. The monoisotopic (exact) mass is 506 g/mol. The van der Waals surface area contributed by atoms with Crippen LogP contribution < -0.4 is 9.62 Å². The molecular formula is C24H27ClN2O6S.